The Morgan fingerprint density at radius 2 is 2.00 bits per heavy atom. The predicted molar refractivity (Wildman–Crippen MR) is 97.7 cm³/mol. The van der Waals surface area contributed by atoms with Gasteiger partial charge in [0, 0.05) is 23.6 Å². The van der Waals surface area contributed by atoms with Gasteiger partial charge in [0.15, 0.2) is 0 Å². The number of hydrogen-bond acceptors (Lipinski definition) is 3. The first kappa shape index (κ1) is 19.0. The van der Waals surface area contributed by atoms with Gasteiger partial charge in [-0.2, -0.15) is 0 Å². The van der Waals surface area contributed by atoms with Gasteiger partial charge in [-0.05, 0) is 64.7 Å². The number of carbonyl (C=O) groups is 1. The number of amides is 1. The van der Waals surface area contributed by atoms with Gasteiger partial charge >= 0.3 is 6.09 Å². The highest BCUT2D eigenvalue weighted by atomic mass is 79.9. The molecule has 2 rings (SSSR count). The van der Waals surface area contributed by atoms with Crippen LogP contribution in [0.15, 0.2) is 22.7 Å². The molecule has 1 saturated heterocycles. The number of benzene rings is 1. The molecule has 134 valence electrons. The molecule has 0 radical (unpaired) electrons. The van der Waals surface area contributed by atoms with Crippen molar-refractivity contribution in [1.82, 2.24) is 4.90 Å². The second kappa shape index (κ2) is 7.72. The van der Waals surface area contributed by atoms with Crippen molar-refractivity contribution in [3.05, 3.63) is 28.5 Å². The van der Waals surface area contributed by atoms with E-state index >= 15 is 0 Å². The maximum atomic E-state index is 13.9. The fraction of sp³-hybridized carbons (Fsp3) is 0.611. The van der Waals surface area contributed by atoms with Crippen molar-refractivity contribution in [2.75, 3.05) is 18.4 Å². The molecule has 0 aliphatic carbocycles. The minimum Gasteiger partial charge on any atom is -0.444 e. The lowest BCUT2D eigenvalue weighted by molar-refractivity contribution is 0.0179. The summed E-state index contributed by atoms with van der Waals surface area (Å²) in [6, 6.07) is 5.16. The van der Waals surface area contributed by atoms with Crippen LogP contribution in [0.25, 0.3) is 0 Å². The van der Waals surface area contributed by atoms with Crippen LogP contribution in [0.3, 0.4) is 0 Å². The van der Waals surface area contributed by atoms with E-state index in [0.29, 0.717) is 24.7 Å². The first-order chi connectivity index (χ1) is 11.2. The van der Waals surface area contributed by atoms with Gasteiger partial charge in [0.05, 0.1) is 5.69 Å². The third-order valence-electron chi connectivity index (χ3n) is 4.21. The van der Waals surface area contributed by atoms with E-state index < -0.39 is 5.60 Å². The number of likely N-dealkylation sites (tertiary alicyclic amines) is 1. The number of ether oxygens (including phenoxy) is 1. The van der Waals surface area contributed by atoms with Crippen molar-refractivity contribution in [3.8, 4) is 0 Å². The van der Waals surface area contributed by atoms with E-state index in [1.54, 1.807) is 11.0 Å². The monoisotopic (exact) mass is 400 g/mol. The molecule has 1 aromatic rings. The largest absolute Gasteiger partial charge is 0.444 e. The fourth-order valence-electron chi connectivity index (χ4n) is 2.88. The van der Waals surface area contributed by atoms with Gasteiger partial charge < -0.3 is 15.0 Å². The zero-order chi connectivity index (χ0) is 17.9. The second-order valence-electron chi connectivity index (χ2n) is 7.36. The van der Waals surface area contributed by atoms with Crippen LogP contribution >= 0.6 is 15.9 Å². The number of carbonyl (C=O) groups excluding carboxylic acids is 1. The lowest BCUT2D eigenvalue weighted by Crippen LogP contribution is -2.44. The summed E-state index contributed by atoms with van der Waals surface area (Å²) in [5.41, 5.74) is 0.0438. The van der Waals surface area contributed by atoms with E-state index in [4.69, 9.17) is 4.74 Å². The summed E-state index contributed by atoms with van der Waals surface area (Å²) < 4.78 is 20.1. The minimum absolute atomic E-state index is 0.140. The molecule has 0 aromatic heterocycles. The van der Waals surface area contributed by atoms with E-state index in [2.05, 4.69) is 28.2 Å². The van der Waals surface area contributed by atoms with Gasteiger partial charge in [0.2, 0.25) is 0 Å². The molecule has 1 fully saturated rings. The third kappa shape index (κ3) is 5.36. The Labute approximate surface area is 151 Å². The molecule has 1 aliphatic rings. The maximum Gasteiger partial charge on any atom is 0.410 e. The van der Waals surface area contributed by atoms with Crippen LogP contribution in [0.1, 0.15) is 40.5 Å². The maximum absolute atomic E-state index is 13.9. The molecule has 0 bridgehead atoms. The Hall–Kier alpha value is -1.30. The van der Waals surface area contributed by atoms with Gasteiger partial charge in [-0.25, -0.2) is 9.18 Å². The number of piperidine rings is 1. The first-order valence-corrected chi connectivity index (χ1v) is 9.14. The number of rotatable bonds is 3. The number of halogens is 2. The van der Waals surface area contributed by atoms with Crippen molar-refractivity contribution < 1.29 is 13.9 Å². The van der Waals surface area contributed by atoms with E-state index in [1.165, 1.54) is 6.07 Å². The van der Waals surface area contributed by atoms with Crippen LogP contribution in [0, 0.1) is 11.7 Å². The lowest BCUT2D eigenvalue weighted by atomic mass is 9.90. The van der Waals surface area contributed by atoms with Gasteiger partial charge in [-0.3, -0.25) is 0 Å². The fourth-order valence-corrected chi connectivity index (χ4v) is 3.21. The van der Waals surface area contributed by atoms with Crippen molar-refractivity contribution in [1.29, 1.82) is 0 Å². The summed E-state index contributed by atoms with van der Waals surface area (Å²) in [4.78, 5) is 13.9. The van der Waals surface area contributed by atoms with E-state index in [-0.39, 0.29) is 18.0 Å². The Kier molecular flexibility index (Phi) is 6.12. The standard InChI is InChI=1S/C18H26BrFN2O2/c1-12(21-16-6-5-14(19)11-15(16)20)13-7-9-22(10-8-13)17(23)24-18(2,3)4/h5-6,11-13,21H,7-10H2,1-4H3. The number of nitrogens with zero attached hydrogens (tertiary/aromatic N) is 1. The summed E-state index contributed by atoms with van der Waals surface area (Å²) in [5.74, 6) is 0.133. The van der Waals surface area contributed by atoms with Crippen LogP contribution < -0.4 is 5.32 Å². The molecule has 1 atom stereocenters. The molecule has 24 heavy (non-hydrogen) atoms. The summed E-state index contributed by atoms with van der Waals surface area (Å²) in [7, 11) is 0. The topological polar surface area (TPSA) is 41.6 Å². The van der Waals surface area contributed by atoms with Crippen molar-refractivity contribution >= 4 is 27.7 Å². The van der Waals surface area contributed by atoms with Crippen LogP contribution in [-0.2, 0) is 4.74 Å². The number of anilines is 1. The van der Waals surface area contributed by atoms with Gasteiger partial charge in [-0.1, -0.05) is 15.9 Å². The molecule has 1 N–H and O–H groups in total. The predicted octanol–water partition coefficient (Wildman–Crippen LogP) is 5.04. The smallest absolute Gasteiger partial charge is 0.410 e. The average Bonchev–Trinajstić information content (AvgIpc) is 2.48. The molecule has 1 unspecified atom stereocenters. The summed E-state index contributed by atoms with van der Waals surface area (Å²) in [6.07, 6.45) is 1.51. The normalized spacial score (nSPS) is 17.5. The first-order valence-electron chi connectivity index (χ1n) is 8.35. The quantitative estimate of drug-likeness (QED) is 0.772. The molecule has 1 heterocycles. The van der Waals surface area contributed by atoms with E-state index in [1.807, 2.05) is 26.8 Å². The molecular formula is C18H26BrFN2O2. The molecule has 0 spiro atoms. The SMILES string of the molecule is CC(Nc1ccc(Br)cc1F)C1CCN(C(=O)OC(C)(C)C)CC1. The van der Waals surface area contributed by atoms with Crippen LogP contribution in [0.4, 0.5) is 14.9 Å². The Morgan fingerprint density at radius 1 is 1.38 bits per heavy atom. The van der Waals surface area contributed by atoms with Crippen molar-refractivity contribution in [2.24, 2.45) is 5.92 Å². The second-order valence-corrected chi connectivity index (χ2v) is 8.28. The Morgan fingerprint density at radius 3 is 2.54 bits per heavy atom. The molecule has 1 amide bonds. The highest BCUT2D eigenvalue weighted by molar-refractivity contribution is 9.10. The Bertz CT molecular complexity index is 581. The third-order valence-corrected chi connectivity index (χ3v) is 4.71. The lowest BCUT2D eigenvalue weighted by Gasteiger charge is -2.36. The Balaban J connectivity index is 1.86. The molecule has 4 nitrogen and oxygen atoms in total. The number of hydrogen-bond donors (Lipinski definition) is 1. The molecule has 6 heteroatoms. The highest BCUT2D eigenvalue weighted by Crippen LogP contribution is 2.26. The van der Waals surface area contributed by atoms with Gasteiger partial charge in [0.25, 0.3) is 0 Å². The van der Waals surface area contributed by atoms with Crippen LogP contribution in [0.2, 0.25) is 0 Å². The van der Waals surface area contributed by atoms with E-state index in [0.717, 1.165) is 17.3 Å². The number of nitrogens with one attached hydrogen (secondary N) is 1. The average molecular weight is 401 g/mol. The zero-order valence-corrected chi connectivity index (χ0v) is 16.3. The van der Waals surface area contributed by atoms with Crippen molar-refractivity contribution in [2.45, 2.75) is 52.2 Å². The summed E-state index contributed by atoms with van der Waals surface area (Å²) in [6.45, 7) is 9.03. The van der Waals surface area contributed by atoms with E-state index in [9.17, 15) is 9.18 Å². The van der Waals surface area contributed by atoms with Crippen LogP contribution in [-0.4, -0.2) is 35.7 Å². The zero-order valence-electron chi connectivity index (χ0n) is 14.7. The minimum atomic E-state index is -0.470. The molecular weight excluding hydrogens is 375 g/mol. The summed E-state index contributed by atoms with van der Waals surface area (Å²) >= 11 is 3.26. The van der Waals surface area contributed by atoms with Gasteiger partial charge in [0.1, 0.15) is 11.4 Å². The van der Waals surface area contributed by atoms with Gasteiger partial charge in [-0.15, -0.1) is 0 Å². The molecule has 0 saturated carbocycles. The molecule has 1 aliphatic heterocycles. The van der Waals surface area contributed by atoms with Crippen LogP contribution in [0.5, 0.6) is 0 Å². The highest BCUT2D eigenvalue weighted by Gasteiger charge is 2.29. The van der Waals surface area contributed by atoms with Crippen molar-refractivity contribution in [3.63, 3.8) is 0 Å². The summed E-state index contributed by atoms with van der Waals surface area (Å²) in [5, 5.41) is 3.26. The molecule has 1 aromatic carbocycles.